The Kier molecular flexibility index (Phi) is 7.50. The zero-order chi connectivity index (χ0) is 13.4. The third-order valence-electron chi connectivity index (χ3n) is 2.50. The maximum Gasteiger partial charge on any atom is 0.306 e. The van der Waals surface area contributed by atoms with Crippen LogP contribution in [-0.2, 0) is 20.8 Å². The van der Waals surface area contributed by atoms with E-state index in [2.05, 4.69) is 37.0 Å². The highest BCUT2D eigenvalue weighted by molar-refractivity contribution is 9.11. The lowest BCUT2D eigenvalue weighted by Gasteiger charge is -2.20. The van der Waals surface area contributed by atoms with Crippen molar-refractivity contribution in [1.82, 2.24) is 4.90 Å². The van der Waals surface area contributed by atoms with Gasteiger partial charge in [-0.05, 0) is 32.9 Å². The monoisotopic (exact) mass is 335 g/mol. The fourth-order valence-corrected chi connectivity index (χ4v) is 2.73. The maximum absolute atomic E-state index is 11.2. The summed E-state index contributed by atoms with van der Waals surface area (Å²) in [7, 11) is 3.09. The first-order valence-electron chi connectivity index (χ1n) is 5.66. The summed E-state index contributed by atoms with van der Waals surface area (Å²) in [5, 5.41) is 2.11. The molecule has 0 saturated heterocycles. The molecule has 0 atom stereocenters. The normalized spacial score (nSPS) is 10.9. The summed E-state index contributed by atoms with van der Waals surface area (Å²) in [5.41, 5.74) is 1.24. The van der Waals surface area contributed by atoms with Gasteiger partial charge in [0.2, 0.25) is 0 Å². The van der Waals surface area contributed by atoms with Crippen LogP contribution < -0.4 is 0 Å². The summed E-state index contributed by atoms with van der Waals surface area (Å²) in [5.74, 6) is -0.177. The molecule has 18 heavy (non-hydrogen) atoms. The standard InChI is InChI=1S/C12H18BrNO3S/c1-16-6-5-14(4-3-12(15)17-2)8-10-7-11(13)18-9-10/h7,9H,3-6,8H2,1-2H3. The van der Waals surface area contributed by atoms with Crippen LogP contribution >= 0.6 is 27.3 Å². The van der Waals surface area contributed by atoms with Crippen molar-refractivity contribution in [3.8, 4) is 0 Å². The number of ether oxygens (including phenoxy) is 2. The van der Waals surface area contributed by atoms with Gasteiger partial charge in [-0.2, -0.15) is 0 Å². The van der Waals surface area contributed by atoms with E-state index in [1.54, 1.807) is 18.4 Å². The van der Waals surface area contributed by atoms with E-state index in [0.717, 1.165) is 16.9 Å². The van der Waals surface area contributed by atoms with Gasteiger partial charge in [0.1, 0.15) is 0 Å². The second-order valence-electron chi connectivity index (χ2n) is 3.85. The molecule has 1 aromatic heterocycles. The van der Waals surface area contributed by atoms with Crippen molar-refractivity contribution in [3.63, 3.8) is 0 Å². The van der Waals surface area contributed by atoms with Gasteiger partial charge in [0.25, 0.3) is 0 Å². The molecule has 0 bridgehead atoms. The van der Waals surface area contributed by atoms with Crippen molar-refractivity contribution in [2.75, 3.05) is 33.9 Å². The zero-order valence-electron chi connectivity index (χ0n) is 10.6. The number of esters is 1. The minimum atomic E-state index is -0.177. The molecule has 0 amide bonds. The van der Waals surface area contributed by atoms with Gasteiger partial charge in [0.15, 0.2) is 0 Å². The van der Waals surface area contributed by atoms with E-state index in [-0.39, 0.29) is 5.97 Å². The Bertz CT molecular complexity index is 370. The Labute approximate surface area is 120 Å². The molecular formula is C12H18BrNO3S. The van der Waals surface area contributed by atoms with Crippen LogP contribution in [0.3, 0.4) is 0 Å². The Morgan fingerprint density at radius 3 is 2.78 bits per heavy atom. The minimum absolute atomic E-state index is 0.177. The zero-order valence-corrected chi connectivity index (χ0v) is 13.1. The van der Waals surface area contributed by atoms with E-state index < -0.39 is 0 Å². The Morgan fingerprint density at radius 1 is 1.44 bits per heavy atom. The SMILES string of the molecule is COCCN(CCC(=O)OC)Cc1csc(Br)c1. The number of halogens is 1. The first-order valence-corrected chi connectivity index (χ1v) is 7.34. The number of rotatable bonds is 8. The molecule has 0 saturated carbocycles. The molecule has 0 aliphatic carbocycles. The van der Waals surface area contributed by atoms with Crippen LogP contribution in [0.5, 0.6) is 0 Å². The Morgan fingerprint density at radius 2 is 2.22 bits per heavy atom. The van der Waals surface area contributed by atoms with Gasteiger partial charge in [-0.25, -0.2) is 0 Å². The van der Waals surface area contributed by atoms with Crippen LogP contribution in [0.25, 0.3) is 0 Å². The average molecular weight is 336 g/mol. The van der Waals surface area contributed by atoms with Crippen LogP contribution in [0.2, 0.25) is 0 Å². The van der Waals surface area contributed by atoms with Crippen molar-refractivity contribution in [2.24, 2.45) is 0 Å². The number of methoxy groups -OCH3 is 2. The highest BCUT2D eigenvalue weighted by Gasteiger charge is 2.10. The van der Waals surface area contributed by atoms with Crippen molar-refractivity contribution >= 4 is 33.2 Å². The van der Waals surface area contributed by atoms with Gasteiger partial charge < -0.3 is 9.47 Å². The van der Waals surface area contributed by atoms with E-state index in [0.29, 0.717) is 19.6 Å². The van der Waals surface area contributed by atoms with Crippen molar-refractivity contribution < 1.29 is 14.3 Å². The Hall–Kier alpha value is -0.430. The third kappa shape index (κ3) is 5.95. The molecule has 0 aliphatic rings. The molecular weight excluding hydrogens is 318 g/mol. The molecule has 0 aromatic carbocycles. The second-order valence-corrected chi connectivity index (χ2v) is 6.14. The highest BCUT2D eigenvalue weighted by atomic mass is 79.9. The fourth-order valence-electron chi connectivity index (χ4n) is 1.53. The van der Waals surface area contributed by atoms with E-state index >= 15 is 0 Å². The van der Waals surface area contributed by atoms with Crippen molar-refractivity contribution in [3.05, 3.63) is 20.8 Å². The lowest BCUT2D eigenvalue weighted by Crippen LogP contribution is -2.29. The van der Waals surface area contributed by atoms with Crippen molar-refractivity contribution in [2.45, 2.75) is 13.0 Å². The summed E-state index contributed by atoms with van der Waals surface area (Å²) in [6, 6.07) is 2.10. The minimum Gasteiger partial charge on any atom is -0.469 e. The Balaban J connectivity index is 2.46. The summed E-state index contributed by atoms with van der Waals surface area (Å²) in [6.45, 7) is 2.97. The number of nitrogens with zero attached hydrogens (tertiary/aromatic N) is 1. The fraction of sp³-hybridized carbons (Fsp3) is 0.583. The van der Waals surface area contributed by atoms with Gasteiger partial charge in [-0.15, -0.1) is 11.3 Å². The number of thiophene rings is 1. The van der Waals surface area contributed by atoms with Crippen LogP contribution in [0.4, 0.5) is 0 Å². The summed E-state index contributed by atoms with van der Waals surface area (Å²) >= 11 is 5.12. The molecule has 0 spiro atoms. The number of hydrogen-bond donors (Lipinski definition) is 0. The van der Waals surface area contributed by atoms with Gasteiger partial charge in [-0.1, -0.05) is 0 Å². The average Bonchev–Trinajstić information content (AvgIpc) is 2.77. The molecule has 102 valence electrons. The molecule has 0 radical (unpaired) electrons. The molecule has 0 unspecified atom stereocenters. The molecule has 6 heteroatoms. The van der Waals surface area contributed by atoms with Crippen LogP contribution in [0.1, 0.15) is 12.0 Å². The summed E-state index contributed by atoms with van der Waals surface area (Å²) < 4.78 is 10.9. The van der Waals surface area contributed by atoms with E-state index in [1.165, 1.54) is 12.7 Å². The quantitative estimate of drug-likeness (QED) is 0.684. The number of carbonyl (C=O) groups is 1. The first-order chi connectivity index (χ1) is 8.65. The highest BCUT2D eigenvalue weighted by Crippen LogP contribution is 2.21. The molecule has 0 aliphatic heterocycles. The van der Waals surface area contributed by atoms with Gasteiger partial charge in [0.05, 0.1) is 23.9 Å². The first kappa shape index (κ1) is 15.6. The predicted octanol–water partition coefficient (Wildman–Crippen LogP) is 2.52. The van der Waals surface area contributed by atoms with E-state index in [1.807, 2.05) is 0 Å². The van der Waals surface area contributed by atoms with E-state index in [9.17, 15) is 4.79 Å². The predicted molar refractivity (Wildman–Crippen MR) is 75.8 cm³/mol. The summed E-state index contributed by atoms with van der Waals surface area (Å²) in [4.78, 5) is 13.4. The molecule has 1 aromatic rings. The van der Waals surface area contributed by atoms with Crippen LogP contribution in [0.15, 0.2) is 15.2 Å². The lowest BCUT2D eigenvalue weighted by atomic mass is 10.3. The van der Waals surface area contributed by atoms with Crippen LogP contribution in [-0.4, -0.2) is 44.8 Å². The van der Waals surface area contributed by atoms with Gasteiger partial charge >= 0.3 is 5.97 Å². The smallest absolute Gasteiger partial charge is 0.306 e. The molecule has 0 fully saturated rings. The topological polar surface area (TPSA) is 38.8 Å². The van der Waals surface area contributed by atoms with Crippen molar-refractivity contribution in [1.29, 1.82) is 0 Å². The largest absolute Gasteiger partial charge is 0.469 e. The molecule has 4 nitrogen and oxygen atoms in total. The molecule has 0 N–H and O–H groups in total. The van der Waals surface area contributed by atoms with Gasteiger partial charge in [-0.3, -0.25) is 9.69 Å². The van der Waals surface area contributed by atoms with Gasteiger partial charge in [0, 0.05) is 26.7 Å². The number of carbonyl (C=O) groups excluding carboxylic acids is 1. The third-order valence-corrected chi connectivity index (χ3v) is 4.05. The number of hydrogen-bond acceptors (Lipinski definition) is 5. The second kappa shape index (κ2) is 8.63. The summed E-state index contributed by atoms with van der Waals surface area (Å²) in [6.07, 6.45) is 0.408. The van der Waals surface area contributed by atoms with E-state index in [4.69, 9.17) is 4.74 Å². The maximum atomic E-state index is 11.2. The molecule has 1 heterocycles. The van der Waals surface area contributed by atoms with Crippen LogP contribution in [0, 0.1) is 0 Å². The molecule has 1 rings (SSSR count). The lowest BCUT2D eigenvalue weighted by molar-refractivity contribution is -0.141.